The highest BCUT2D eigenvalue weighted by Crippen LogP contribution is 2.20. The molecule has 150 valence electrons. The average molecular weight is 422 g/mol. The van der Waals surface area contributed by atoms with E-state index >= 15 is 0 Å². The van der Waals surface area contributed by atoms with Crippen molar-refractivity contribution in [2.45, 2.75) is 10.7 Å². The largest absolute Gasteiger partial charge is 0.343 e. The molecule has 2 aromatic rings. The Bertz CT molecular complexity index is 1010. The van der Waals surface area contributed by atoms with Crippen molar-refractivity contribution in [2.24, 2.45) is 0 Å². The fourth-order valence-electron chi connectivity index (χ4n) is 1.98. The van der Waals surface area contributed by atoms with Crippen molar-refractivity contribution in [1.82, 2.24) is 5.32 Å². The second-order valence-electron chi connectivity index (χ2n) is 5.28. The zero-order chi connectivity index (χ0) is 21.1. The molecule has 0 fully saturated rings. The Balaban J connectivity index is 1.99. The van der Waals surface area contributed by atoms with Gasteiger partial charge in [-0.1, -0.05) is 0 Å². The van der Waals surface area contributed by atoms with E-state index in [1.54, 1.807) is 0 Å². The lowest BCUT2D eigenvalue weighted by Crippen LogP contribution is -2.33. The minimum Gasteiger partial charge on any atom is -0.343 e. The van der Waals surface area contributed by atoms with Crippen molar-refractivity contribution in [2.75, 3.05) is 11.9 Å². The highest BCUT2D eigenvalue weighted by Gasteiger charge is 2.26. The van der Waals surface area contributed by atoms with Crippen molar-refractivity contribution in [3.05, 3.63) is 59.4 Å². The van der Waals surface area contributed by atoms with E-state index in [-0.39, 0.29) is 5.56 Å². The van der Waals surface area contributed by atoms with Gasteiger partial charge in [0.05, 0.1) is 17.1 Å². The minimum atomic E-state index is -4.81. The van der Waals surface area contributed by atoms with Crippen molar-refractivity contribution in [3.8, 4) is 0 Å². The molecule has 0 aliphatic carbocycles. The van der Waals surface area contributed by atoms with E-state index in [9.17, 15) is 40.0 Å². The Morgan fingerprint density at radius 1 is 0.929 bits per heavy atom. The summed E-state index contributed by atoms with van der Waals surface area (Å²) in [6.07, 6.45) is 0. The van der Waals surface area contributed by atoms with Gasteiger partial charge in [-0.15, -0.1) is 0 Å². The number of halogens is 5. The lowest BCUT2D eigenvalue weighted by molar-refractivity contribution is -0.115. The molecular weight excluding hydrogens is 411 g/mol. The van der Waals surface area contributed by atoms with Gasteiger partial charge in [0.15, 0.2) is 17.5 Å². The molecule has 2 aromatic carbocycles. The molecule has 0 unspecified atom stereocenters. The fourth-order valence-corrected chi connectivity index (χ4v) is 2.70. The van der Waals surface area contributed by atoms with Crippen molar-refractivity contribution >= 4 is 27.3 Å². The summed E-state index contributed by atoms with van der Waals surface area (Å²) < 4.78 is 86.8. The van der Waals surface area contributed by atoms with Crippen LogP contribution in [0.3, 0.4) is 0 Å². The van der Waals surface area contributed by atoms with E-state index in [0.29, 0.717) is 6.07 Å². The monoisotopic (exact) mass is 422 g/mol. The number of amides is 2. The number of hydrogen-bond acceptors (Lipinski definition) is 4. The van der Waals surface area contributed by atoms with Gasteiger partial charge in [-0.25, -0.2) is 21.6 Å². The molecule has 0 heterocycles. The van der Waals surface area contributed by atoms with Crippen molar-refractivity contribution < 1.29 is 40.0 Å². The molecule has 0 atom stereocenters. The lowest BCUT2D eigenvalue weighted by atomic mass is 10.2. The van der Waals surface area contributed by atoms with Crippen LogP contribution in [0.15, 0.2) is 41.3 Å². The Morgan fingerprint density at radius 3 is 2.11 bits per heavy atom. The van der Waals surface area contributed by atoms with Crippen LogP contribution in [0, 0.1) is 17.5 Å². The van der Waals surface area contributed by atoms with E-state index < -0.39 is 62.0 Å². The third kappa shape index (κ3) is 4.63. The number of carbonyl (C=O) groups excluding carboxylic acids is 2. The Morgan fingerprint density at radius 2 is 1.54 bits per heavy atom. The SMILES string of the molecule is O=C(CNC(=O)c1ccc(S(=O)(=O)C(F)F)cc1)Nc1ccc(F)c(F)c1F. The molecule has 6 nitrogen and oxygen atoms in total. The van der Waals surface area contributed by atoms with Crippen LogP contribution in [0.25, 0.3) is 0 Å². The van der Waals surface area contributed by atoms with Gasteiger partial charge >= 0.3 is 5.76 Å². The van der Waals surface area contributed by atoms with Gasteiger partial charge in [0.25, 0.3) is 5.91 Å². The number of anilines is 1. The second-order valence-corrected chi connectivity index (χ2v) is 7.20. The number of carbonyl (C=O) groups is 2. The smallest absolute Gasteiger partial charge is 0.341 e. The zero-order valence-electron chi connectivity index (χ0n) is 13.7. The summed E-state index contributed by atoms with van der Waals surface area (Å²) in [6.45, 7) is -0.686. The van der Waals surface area contributed by atoms with Crippen LogP contribution in [0.4, 0.5) is 27.6 Å². The molecule has 0 bridgehead atoms. The number of rotatable bonds is 6. The molecule has 2 N–H and O–H groups in total. The number of sulfone groups is 1. The van der Waals surface area contributed by atoms with E-state index in [4.69, 9.17) is 0 Å². The van der Waals surface area contributed by atoms with Gasteiger partial charge in [0.2, 0.25) is 15.7 Å². The van der Waals surface area contributed by atoms with Gasteiger partial charge in [-0.05, 0) is 36.4 Å². The van der Waals surface area contributed by atoms with E-state index in [2.05, 4.69) is 5.32 Å². The third-order valence-corrected chi connectivity index (χ3v) is 4.80. The standard InChI is InChI=1S/C16H11F5N2O4S/c17-10-5-6-11(14(19)13(10)18)23-12(24)7-22-15(25)8-1-3-9(4-2-8)28(26,27)16(20)21/h1-6,16H,7H2,(H,22,25)(H,23,24). The Hall–Kier alpha value is -3.02. The Kier molecular flexibility index (Phi) is 6.33. The summed E-state index contributed by atoms with van der Waals surface area (Å²) in [5, 5.41) is 4.04. The summed E-state index contributed by atoms with van der Waals surface area (Å²) in [7, 11) is -4.81. The molecule has 0 radical (unpaired) electrons. The maximum Gasteiger partial charge on any atom is 0.341 e. The maximum absolute atomic E-state index is 13.5. The number of benzene rings is 2. The predicted molar refractivity (Wildman–Crippen MR) is 86.9 cm³/mol. The average Bonchev–Trinajstić information content (AvgIpc) is 2.66. The fraction of sp³-hybridized carbons (Fsp3) is 0.125. The number of alkyl halides is 2. The van der Waals surface area contributed by atoms with Crippen LogP contribution in [0.5, 0.6) is 0 Å². The normalized spacial score (nSPS) is 11.4. The van der Waals surface area contributed by atoms with Crippen LogP contribution in [0.1, 0.15) is 10.4 Å². The molecule has 2 amide bonds. The molecule has 0 aromatic heterocycles. The van der Waals surface area contributed by atoms with E-state index in [1.165, 1.54) is 0 Å². The molecule has 28 heavy (non-hydrogen) atoms. The molecule has 0 aliphatic rings. The van der Waals surface area contributed by atoms with Crippen LogP contribution in [-0.2, 0) is 14.6 Å². The first-order valence-electron chi connectivity index (χ1n) is 7.37. The summed E-state index contributed by atoms with van der Waals surface area (Å²) in [5.74, 6) is -10.3. The second kappa shape index (κ2) is 8.33. The predicted octanol–water partition coefficient (Wildman–Crippen LogP) is 2.47. The van der Waals surface area contributed by atoms with Gasteiger partial charge < -0.3 is 10.6 Å². The van der Waals surface area contributed by atoms with E-state index in [0.717, 1.165) is 30.3 Å². The van der Waals surface area contributed by atoms with Crippen molar-refractivity contribution in [3.63, 3.8) is 0 Å². The molecule has 0 saturated heterocycles. The number of hydrogen-bond donors (Lipinski definition) is 2. The van der Waals surface area contributed by atoms with Gasteiger partial charge in [0, 0.05) is 5.56 Å². The maximum atomic E-state index is 13.5. The van der Waals surface area contributed by atoms with Crippen LogP contribution in [0.2, 0.25) is 0 Å². The molecule has 0 spiro atoms. The topological polar surface area (TPSA) is 92.3 Å². The molecule has 2 rings (SSSR count). The van der Waals surface area contributed by atoms with Crippen LogP contribution < -0.4 is 10.6 Å². The first-order chi connectivity index (χ1) is 13.0. The molecule has 12 heteroatoms. The van der Waals surface area contributed by atoms with Crippen LogP contribution in [-0.4, -0.2) is 32.5 Å². The van der Waals surface area contributed by atoms with Crippen LogP contribution >= 0.6 is 0 Å². The minimum absolute atomic E-state index is 0.139. The molecule has 0 aliphatic heterocycles. The summed E-state index contributed by atoms with van der Waals surface area (Å²) in [6, 6.07) is 4.90. The zero-order valence-corrected chi connectivity index (χ0v) is 14.5. The summed E-state index contributed by atoms with van der Waals surface area (Å²) >= 11 is 0. The Labute approximate surface area is 155 Å². The number of nitrogens with one attached hydrogen (secondary N) is 2. The van der Waals surface area contributed by atoms with Gasteiger partial charge in [-0.2, -0.15) is 8.78 Å². The first-order valence-corrected chi connectivity index (χ1v) is 8.92. The molecule has 0 saturated carbocycles. The summed E-state index contributed by atoms with van der Waals surface area (Å²) in [4.78, 5) is 22.9. The summed E-state index contributed by atoms with van der Waals surface area (Å²) in [5.41, 5.74) is -0.778. The lowest BCUT2D eigenvalue weighted by Gasteiger charge is -2.09. The van der Waals surface area contributed by atoms with Crippen molar-refractivity contribution in [1.29, 1.82) is 0 Å². The van der Waals surface area contributed by atoms with Gasteiger partial charge in [0.1, 0.15) is 0 Å². The quantitative estimate of drug-likeness (QED) is 0.553. The van der Waals surface area contributed by atoms with Gasteiger partial charge in [-0.3, -0.25) is 9.59 Å². The van der Waals surface area contributed by atoms with E-state index in [1.807, 2.05) is 5.32 Å². The third-order valence-electron chi connectivity index (χ3n) is 3.40. The highest BCUT2D eigenvalue weighted by molar-refractivity contribution is 7.91. The molecular formula is C16H11F5N2O4S. The highest BCUT2D eigenvalue weighted by atomic mass is 32.2. The first kappa shape index (κ1) is 21.3.